The molecule has 0 aromatic carbocycles. The summed E-state index contributed by atoms with van der Waals surface area (Å²) >= 11 is 0. The minimum atomic E-state index is -0.773. The Morgan fingerprint density at radius 2 is 1.88 bits per heavy atom. The molecule has 2 fully saturated rings. The van der Waals surface area contributed by atoms with Crippen LogP contribution in [0.1, 0.15) is 56.3 Å². The van der Waals surface area contributed by atoms with Crippen molar-refractivity contribution in [3.63, 3.8) is 0 Å². The van der Waals surface area contributed by atoms with Crippen molar-refractivity contribution in [1.82, 2.24) is 14.9 Å². The number of nitrogens with two attached hydrogens (primary N) is 2. The van der Waals surface area contributed by atoms with Crippen molar-refractivity contribution in [2.45, 2.75) is 58.0 Å². The van der Waals surface area contributed by atoms with Crippen LogP contribution in [0, 0.1) is 18.8 Å². The van der Waals surface area contributed by atoms with Gasteiger partial charge < -0.3 is 30.2 Å². The van der Waals surface area contributed by atoms with Crippen LogP contribution in [0.3, 0.4) is 0 Å². The second-order valence-corrected chi connectivity index (χ2v) is 9.42. The minimum Gasteiger partial charge on any atom is -0.489 e. The summed E-state index contributed by atoms with van der Waals surface area (Å²) in [7, 11) is 3.36. The van der Waals surface area contributed by atoms with Crippen molar-refractivity contribution in [3.05, 3.63) is 29.2 Å². The van der Waals surface area contributed by atoms with Crippen LogP contribution in [0.25, 0.3) is 5.70 Å². The molecule has 2 aliphatic carbocycles. The molecule has 2 unspecified atom stereocenters. The number of ether oxygens (including phenoxy) is 2. The zero-order valence-corrected chi connectivity index (χ0v) is 20.3. The molecule has 0 saturated heterocycles. The van der Waals surface area contributed by atoms with Gasteiger partial charge in [0.15, 0.2) is 0 Å². The van der Waals surface area contributed by atoms with Gasteiger partial charge in [-0.15, -0.1) is 0 Å². The fourth-order valence-electron chi connectivity index (χ4n) is 4.37. The van der Waals surface area contributed by atoms with Crippen molar-refractivity contribution in [2.75, 3.05) is 27.2 Å². The van der Waals surface area contributed by atoms with E-state index in [1.54, 1.807) is 31.1 Å². The molecule has 1 aromatic rings. The first-order valence-electron chi connectivity index (χ1n) is 11.9. The van der Waals surface area contributed by atoms with Crippen LogP contribution in [0.4, 0.5) is 4.79 Å². The summed E-state index contributed by atoms with van der Waals surface area (Å²) < 4.78 is 11.5. The van der Waals surface area contributed by atoms with Gasteiger partial charge in [0.25, 0.3) is 0 Å². The van der Waals surface area contributed by atoms with Crippen LogP contribution in [0.15, 0.2) is 17.8 Å². The first-order valence-corrected chi connectivity index (χ1v) is 11.9. The number of carbonyl (C=O) groups is 2. The largest absolute Gasteiger partial charge is 0.489 e. The second kappa shape index (κ2) is 11.4. The Bertz CT molecular complexity index is 915. The number of hydrogen-bond donors (Lipinski definition) is 3. The topological polar surface area (TPSA) is 144 Å². The number of nitrogens with zero attached hydrogens (tertiary/aromatic N) is 3. The summed E-state index contributed by atoms with van der Waals surface area (Å²) in [5, 5.41) is 10.6. The fourth-order valence-corrected chi connectivity index (χ4v) is 4.37. The molecule has 188 valence electrons. The highest BCUT2D eigenvalue weighted by Crippen LogP contribution is 2.30. The third-order valence-corrected chi connectivity index (χ3v) is 6.72. The van der Waals surface area contributed by atoms with E-state index in [2.05, 4.69) is 4.98 Å². The van der Waals surface area contributed by atoms with Crippen molar-refractivity contribution < 1.29 is 24.2 Å². The molecule has 2 saturated carbocycles. The lowest BCUT2D eigenvalue weighted by Crippen LogP contribution is -2.37. The highest BCUT2D eigenvalue weighted by molar-refractivity contribution is 5.70. The molecule has 0 radical (unpaired) electrons. The number of carboxylic acid groups (broad SMARTS) is 1. The minimum absolute atomic E-state index is 0.0791. The lowest BCUT2D eigenvalue weighted by atomic mass is 9.85. The number of aryl methyl sites for hydroxylation is 1. The highest BCUT2D eigenvalue weighted by atomic mass is 16.6. The molecular formula is C24H37N5O5. The van der Waals surface area contributed by atoms with E-state index in [0.29, 0.717) is 53.8 Å². The molecule has 34 heavy (non-hydrogen) atoms. The Morgan fingerprint density at radius 3 is 2.47 bits per heavy atom. The average Bonchev–Trinajstić information content (AvgIpc) is 2.77. The molecule has 0 spiro atoms. The number of pyridine rings is 1. The third kappa shape index (κ3) is 6.53. The molecular weight excluding hydrogens is 438 g/mol. The van der Waals surface area contributed by atoms with Crippen LogP contribution in [-0.2, 0) is 9.53 Å². The van der Waals surface area contributed by atoms with Crippen molar-refractivity contribution in [3.8, 4) is 5.75 Å². The van der Waals surface area contributed by atoms with Crippen molar-refractivity contribution in [1.29, 1.82) is 0 Å². The number of carboxylic acids is 1. The maximum Gasteiger partial charge on any atom is 0.409 e. The Morgan fingerprint density at radius 1 is 1.18 bits per heavy atom. The summed E-state index contributed by atoms with van der Waals surface area (Å²) in [5.41, 5.74) is 8.21. The molecule has 2 atom stereocenters. The van der Waals surface area contributed by atoms with Gasteiger partial charge in [0, 0.05) is 20.6 Å². The Labute approximate surface area is 200 Å². The van der Waals surface area contributed by atoms with Gasteiger partial charge >= 0.3 is 12.1 Å². The number of rotatable bonds is 9. The SMILES string of the molecule is Cc1nc(/C(N)=C(\COC(=O)N(C)CC2CCC2)N(C)N)ccc1OC1CCCC(C(=O)O)C1. The normalized spacial score (nSPS) is 21.2. The number of carbonyl (C=O) groups excluding carboxylic acids is 1. The summed E-state index contributed by atoms with van der Waals surface area (Å²) in [6, 6.07) is 3.50. The van der Waals surface area contributed by atoms with Gasteiger partial charge in [-0.2, -0.15) is 0 Å². The molecule has 10 heteroatoms. The van der Waals surface area contributed by atoms with Crippen LogP contribution >= 0.6 is 0 Å². The van der Waals surface area contributed by atoms with E-state index in [9.17, 15) is 14.7 Å². The number of likely N-dealkylation sites (N-methyl/N-ethyl adjacent to an activating group) is 1. The molecule has 1 aromatic heterocycles. The molecule has 1 heterocycles. The van der Waals surface area contributed by atoms with E-state index >= 15 is 0 Å². The molecule has 0 bridgehead atoms. The van der Waals surface area contributed by atoms with Gasteiger partial charge in [-0.25, -0.2) is 15.6 Å². The zero-order valence-electron chi connectivity index (χ0n) is 20.3. The fraction of sp³-hybridized carbons (Fsp3) is 0.625. The van der Waals surface area contributed by atoms with E-state index in [1.807, 2.05) is 6.92 Å². The van der Waals surface area contributed by atoms with E-state index in [4.69, 9.17) is 21.1 Å². The smallest absolute Gasteiger partial charge is 0.409 e. The lowest BCUT2D eigenvalue weighted by molar-refractivity contribution is -0.143. The molecule has 10 nitrogen and oxygen atoms in total. The van der Waals surface area contributed by atoms with Crippen LogP contribution in [-0.4, -0.2) is 65.4 Å². The Balaban J connectivity index is 1.65. The van der Waals surface area contributed by atoms with Gasteiger partial charge in [-0.3, -0.25) is 4.79 Å². The maximum absolute atomic E-state index is 12.4. The number of amides is 1. The monoisotopic (exact) mass is 475 g/mol. The Hall–Kier alpha value is -3.01. The Kier molecular flexibility index (Phi) is 8.60. The second-order valence-electron chi connectivity index (χ2n) is 9.42. The standard InChI is InChI=1S/C24H37N5O5/c1-15-21(34-18-9-5-8-17(12-18)23(30)31)11-10-19(27-15)22(25)20(29(3)26)14-33-24(32)28(2)13-16-6-4-7-16/h10-11,16-18H,4-9,12-14,25-26H2,1-3H3,(H,30,31)/b22-20-. The number of hydrogen-bond acceptors (Lipinski definition) is 8. The summed E-state index contributed by atoms with van der Waals surface area (Å²) in [6.45, 7) is 2.41. The quantitative estimate of drug-likeness (QED) is 0.362. The number of aliphatic carboxylic acids is 1. The molecule has 5 N–H and O–H groups in total. The van der Waals surface area contributed by atoms with Crippen LogP contribution in [0.5, 0.6) is 5.75 Å². The van der Waals surface area contributed by atoms with E-state index < -0.39 is 12.1 Å². The first kappa shape index (κ1) is 25.6. The highest BCUT2D eigenvalue weighted by Gasteiger charge is 2.28. The molecule has 0 aliphatic heterocycles. The van der Waals surface area contributed by atoms with E-state index in [1.165, 1.54) is 11.4 Å². The summed E-state index contributed by atoms with van der Waals surface area (Å²) in [5.74, 6) is 5.97. The van der Waals surface area contributed by atoms with Crippen molar-refractivity contribution >= 4 is 17.8 Å². The predicted octanol–water partition coefficient (Wildman–Crippen LogP) is 2.71. The zero-order chi connectivity index (χ0) is 24.8. The number of hydrazine groups is 1. The summed E-state index contributed by atoms with van der Waals surface area (Å²) in [6.07, 6.45) is 5.74. The van der Waals surface area contributed by atoms with Crippen LogP contribution < -0.4 is 16.3 Å². The average molecular weight is 476 g/mol. The maximum atomic E-state index is 12.4. The molecule has 1 amide bonds. The van der Waals surface area contributed by atoms with Crippen LogP contribution in [0.2, 0.25) is 0 Å². The van der Waals surface area contributed by atoms with Gasteiger partial charge in [-0.1, -0.05) is 6.42 Å². The van der Waals surface area contributed by atoms with Gasteiger partial charge in [0.05, 0.1) is 34.8 Å². The lowest BCUT2D eigenvalue weighted by Gasteiger charge is -2.30. The third-order valence-electron chi connectivity index (χ3n) is 6.72. The van der Waals surface area contributed by atoms with Gasteiger partial charge in [0.1, 0.15) is 12.4 Å². The van der Waals surface area contributed by atoms with E-state index in [0.717, 1.165) is 25.7 Å². The molecule has 3 rings (SSSR count). The molecule has 2 aliphatic rings. The number of aromatic nitrogens is 1. The van der Waals surface area contributed by atoms with Crippen molar-refractivity contribution in [2.24, 2.45) is 23.4 Å². The van der Waals surface area contributed by atoms with Gasteiger partial charge in [-0.05, 0) is 63.5 Å². The first-order chi connectivity index (χ1) is 16.2. The van der Waals surface area contributed by atoms with E-state index in [-0.39, 0.29) is 18.6 Å². The van der Waals surface area contributed by atoms with Gasteiger partial charge in [0.2, 0.25) is 0 Å². The summed E-state index contributed by atoms with van der Waals surface area (Å²) in [4.78, 5) is 29.8. The predicted molar refractivity (Wildman–Crippen MR) is 127 cm³/mol.